The van der Waals surface area contributed by atoms with Gasteiger partial charge in [-0.25, -0.2) is 4.39 Å². The summed E-state index contributed by atoms with van der Waals surface area (Å²) in [6.07, 6.45) is 0.783. The van der Waals surface area contributed by atoms with Crippen molar-refractivity contribution in [2.24, 2.45) is 5.92 Å². The average molecular weight is 274 g/mol. The molecule has 2 rings (SSSR count). The summed E-state index contributed by atoms with van der Waals surface area (Å²) >= 11 is 0. The number of benzene rings is 1. The van der Waals surface area contributed by atoms with Crippen molar-refractivity contribution in [3.63, 3.8) is 0 Å². The molecule has 0 aromatic heterocycles. The van der Waals surface area contributed by atoms with Gasteiger partial charge in [0, 0.05) is 6.54 Å². The van der Waals surface area contributed by atoms with Gasteiger partial charge >= 0.3 is 0 Å². The molecule has 0 saturated carbocycles. The Labute approximate surface area is 116 Å². The molecule has 0 radical (unpaired) electrons. The monoisotopic (exact) mass is 274 g/mol. The van der Waals surface area contributed by atoms with Crippen LogP contribution >= 0.6 is 0 Å². The zero-order chi connectivity index (χ0) is 14.7. The molecule has 1 aliphatic heterocycles. The lowest BCUT2D eigenvalue weighted by molar-refractivity contribution is -0.133. The van der Waals surface area contributed by atoms with Gasteiger partial charge in [0.15, 0.2) is 5.78 Å². The van der Waals surface area contributed by atoms with E-state index >= 15 is 0 Å². The van der Waals surface area contributed by atoms with Crippen LogP contribution in [0.4, 0.5) is 10.1 Å². The number of nitriles is 1. The molecule has 1 aromatic carbocycles. The number of nitrogens with zero attached hydrogens (tertiary/aromatic N) is 2. The van der Waals surface area contributed by atoms with Gasteiger partial charge in [-0.1, -0.05) is 12.1 Å². The minimum atomic E-state index is -0.817. The van der Waals surface area contributed by atoms with Gasteiger partial charge in [-0.15, -0.1) is 0 Å². The molecule has 1 amide bonds. The molecule has 0 unspecified atom stereocenters. The quantitative estimate of drug-likeness (QED) is 0.795. The van der Waals surface area contributed by atoms with Crippen molar-refractivity contribution in [2.75, 3.05) is 11.4 Å². The minimum Gasteiger partial charge on any atom is -0.309 e. The maximum absolute atomic E-state index is 14.0. The fraction of sp³-hybridized carbons (Fsp3) is 0.400. The zero-order valence-corrected chi connectivity index (χ0v) is 11.2. The highest BCUT2D eigenvalue weighted by Crippen LogP contribution is 2.30. The molecule has 1 aliphatic rings. The second-order valence-corrected chi connectivity index (χ2v) is 4.89. The fourth-order valence-corrected chi connectivity index (χ4v) is 2.56. The Morgan fingerprint density at radius 1 is 1.55 bits per heavy atom. The SMILES string of the molecule is Cc1cccc(F)c1N1CCC[C@@H](C(=O)CC#N)C1=O. The second kappa shape index (κ2) is 5.83. The molecule has 20 heavy (non-hydrogen) atoms. The summed E-state index contributed by atoms with van der Waals surface area (Å²) in [5.41, 5.74) is 0.902. The lowest BCUT2D eigenvalue weighted by Crippen LogP contribution is -2.45. The maximum Gasteiger partial charge on any atom is 0.237 e. The van der Waals surface area contributed by atoms with Crippen molar-refractivity contribution in [1.29, 1.82) is 5.26 Å². The van der Waals surface area contributed by atoms with E-state index in [1.165, 1.54) is 11.0 Å². The van der Waals surface area contributed by atoms with E-state index in [0.29, 0.717) is 24.9 Å². The molecule has 0 spiro atoms. The van der Waals surface area contributed by atoms with Gasteiger partial charge in [-0.05, 0) is 31.4 Å². The standard InChI is InChI=1S/C15H15FN2O2/c1-10-4-2-6-12(16)14(10)18-9-3-5-11(15(18)20)13(19)7-8-17/h2,4,6,11H,3,5,7,9H2,1H3/t11-/m0/s1. The first-order chi connectivity index (χ1) is 9.56. The van der Waals surface area contributed by atoms with Crippen molar-refractivity contribution < 1.29 is 14.0 Å². The van der Waals surface area contributed by atoms with Crippen LogP contribution in [0.1, 0.15) is 24.8 Å². The number of hydrogen-bond donors (Lipinski definition) is 0. The maximum atomic E-state index is 14.0. The summed E-state index contributed by atoms with van der Waals surface area (Å²) in [5.74, 6) is -2.06. The molecule has 104 valence electrons. The van der Waals surface area contributed by atoms with Gasteiger partial charge in [0.1, 0.15) is 5.82 Å². The lowest BCUT2D eigenvalue weighted by atomic mass is 9.91. The summed E-state index contributed by atoms with van der Waals surface area (Å²) < 4.78 is 14.0. The average Bonchev–Trinajstić information content (AvgIpc) is 2.40. The first kappa shape index (κ1) is 14.2. The summed E-state index contributed by atoms with van der Waals surface area (Å²) in [6, 6.07) is 6.38. The molecule has 4 nitrogen and oxygen atoms in total. The van der Waals surface area contributed by atoms with Gasteiger partial charge in [0.2, 0.25) is 5.91 Å². The van der Waals surface area contributed by atoms with Crippen molar-refractivity contribution >= 4 is 17.4 Å². The third-order valence-corrected chi connectivity index (χ3v) is 3.54. The highest BCUT2D eigenvalue weighted by atomic mass is 19.1. The molecular weight excluding hydrogens is 259 g/mol. The van der Waals surface area contributed by atoms with Crippen LogP contribution < -0.4 is 4.90 Å². The van der Waals surface area contributed by atoms with E-state index in [0.717, 1.165) is 0 Å². The molecule has 0 bridgehead atoms. The van der Waals surface area contributed by atoms with E-state index in [-0.39, 0.29) is 17.9 Å². The van der Waals surface area contributed by atoms with E-state index in [9.17, 15) is 14.0 Å². The smallest absolute Gasteiger partial charge is 0.237 e. The highest BCUT2D eigenvalue weighted by molar-refractivity contribution is 6.09. The van der Waals surface area contributed by atoms with Crippen molar-refractivity contribution in [1.82, 2.24) is 0 Å². The molecule has 1 aromatic rings. The predicted molar refractivity (Wildman–Crippen MR) is 71.5 cm³/mol. The van der Waals surface area contributed by atoms with Crippen LogP contribution in [0.3, 0.4) is 0 Å². The molecule has 5 heteroatoms. The molecule has 1 saturated heterocycles. The number of amides is 1. The number of para-hydroxylation sites is 1. The number of carbonyl (C=O) groups excluding carboxylic acids is 2. The van der Waals surface area contributed by atoms with E-state index in [1.807, 2.05) is 0 Å². The van der Waals surface area contributed by atoms with E-state index < -0.39 is 17.6 Å². The number of hydrogen-bond acceptors (Lipinski definition) is 3. The van der Waals surface area contributed by atoms with Gasteiger partial charge in [-0.2, -0.15) is 5.26 Å². The zero-order valence-electron chi connectivity index (χ0n) is 11.2. The topological polar surface area (TPSA) is 61.2 Å². The van der Waals surface area contributed by atoms with Crippen LogP contribution in [-0.2, 0) is 9.59 Å². The van der Waals surface area contributed by atoms with Gasteiger partial charge in [-0.3, -0.25) is 9.59 Å². The number of aryl methyl sites for hydroxylation is 1. The number of carbonyl (C=O) groups is 2. The molecule has 1 fully saturated rings. The van der Waals surface area contributed by atoms with E-state index in [2.05, 4.69) is 0 Å². The molecule has 0 N–H and O–H groups in total. The number of anilines is 1. The third kappa shape index (κ3) is 2.55. The van der Waals surface area contributed by atoms with Gasteiger partial charge in [0.05, 0.1) is 24.1 Å². The second-order valence-electron chi connectivity index (χ2n) is 4.89. The number of Topliss-reactive ketones (excluding diaryl/α,β-unsaturated/α-hetero) is 1. The molecule has 1 heterocycles. The largest absolute Gasteiger partial charge is 0.309 e. The van der Waals surface area contributed by atoms with Crippen molar-refractivity contribution in [2.45, 2.75) is 26.2 Å². The summed E-state index contributed by atoms with van der Waals surface area (Å²) in [5, 5.41) is 8.57. The van der Waals surface area contributed by atoms with E-state index in [4.69, 9.17) is 5.26 Å². The molecular formula is C15H15FN2O2. The van der Waals surface area contributed by atoms with Gasteiger partial charge in [0.25, 0.3) is 0 Å². The first-order valence-corrected chi connectivity index (χ1v) is 6.52. The van der Waals surface area contributed by atoms with E-state index in [1.54, 1.807) is 25.1 Å². The van der Waals surface area contributed by atoms with Crippen LogP contribution in [0.5, 0.6) is 0 Å². The lowest BCUT2D eigenvalue weighted by Gasteiger charge is -2.32. The van der Waals surface area contributed by atoms with Gasteiger partial charge < -0.3 is 4.90 Å². The van der Waals surface area contributed by atoms with Crippen molar-refractivity contribution in [3.05, 3.63) is 29.6 Å². The predicted octanol–water partition coefficient (Wildman–Crippen LogP) is 2.36. The Hall–Kier alpha value is -2.22. The normalized spacial score (nSPS) is 18.8. The first-order valence-electron chi connectivity index (χ1n) is 6.52. The van der Waals surface area contributed by atoms with Crippen LogP contribution in [0, 0.1) is 30.0 Å². The van der Waals surface area contributed by atoms with Crippen LogP contribution in [-0.4, -0.2) is 18.2 Å². The van der Waals surface area contributed by atoms with Crippen LogP contribution in [0.15, 0.2) is 18.2 Å². The number of halogens is 1. The summed E-state index contributed by atoms with van der Waals surface area (Å²) in [6.45, 7) is 2.13. The fourth-order valence-electron chi connectivity index (χ4n) is 2.56. The minimum absolute atomic E-state index is 0.243. The Morgan fingerprint density at radius 3 is 2.95 bits per heavy atom. The summed E-state index contributed by atoms with van der Waals surface area (Å²) in [4.78, 5) is 25.5. The Morgan fingerprint density at radius 2 is 2.30 bits per heavy atom. The van der Waals surface area contributed by atoms with Crippen LogP contribution in [0.25, 0.3) is 0 Å². The molecule has 1 atom stereocenters. The number of ketones is 1. The highest BCUT2D eigenvalue weighted by Gasteiger charge is 2.35. The van der Waals surface area contributed by atoms with Crippen molar-refractivity contribution in [3.8, 4) is 6.07 Å². The Bertz CT molecular complexity index is 572. The number of rotatable bonds is 3. The van der Waals surface area contributed by atoms with Crippen LogP contribution in [0.2, 0.25) is 0 Å². The molecule has 0 aliphatic carbocycles. The number of piperidine rings is 1. The Kier molecular flexibility index (Phi) is 4.14. The Balaban J connectivity index is 2.32. The summed E-state index contributed by atoms with van der Waals surface area (Å²) in [7, 11) is 0. The third-order valence-electron chi connectivity index (χ3n) is 3.54.